The average molecular weight is 363 g/mol. The fourth-order valence-electron chi connectivity index (χ4n) is 3.03. The molecule has 1 saturated heterocycles. The van der Waals surface area contributed by atoms with Crippen LogP contribution in [0.3, 0.4) is 0 Å². The van der Waals surface area contributed by atoms with E-state index in [-0.39, 0.29) is 24.1 Å². The number of carbonyl (C=O) groups excluding carboxylic acids is 2. The lowest BCUT2D eigenvalue weighted by atomic mass is 10.1. The fraction of sp³-hybridized carbons (Fsp3) is 0.368. The Hall–Kier alpha value is -2.11. The zero-order valence-electron chi connectivity index (χ0n) is 14.5. The van der Waals surface area contributed by atoms with Gasteiger partial charge in [0.15, 0.2) is 11.5 Å². The number of rotatable bonds is 4. The lowest BCUT2D eigenvalue weighted by Crippen LogP contribution is -2.46. The number of nitrogens with zero attached hydrogens (tertiary/aromatic N) is 1. The molecule has 1 aromatic heterocycles. The first-order valence-electron chi connectivity index (χ1n) is 8.26. The normalized spacial score (nSPS) is 17.0. The minimum Gasteiger partial charge on any atom is -0.451 e. The van der Waals surface area contributed by atoms with Crippen molar-refractivity contribution >= 4 is 24.1 Å². The molecule has 6 heteroatoms. The molecule has 0 radical (unpaired) electrons. The van der Waals surface area contributed by atoms with Crippen molar-refractivity contribution in [3.05, 3.63) is 47.7 Å². The molecule has 0 bridgehead atoms. The number of piperidine rings is 1. The maximum Gasteiger partial charge on any atom is 0.289 e. The van der Waals surface area contributed by atoms with Crippen molar-refractivity contribution in [2.24, 2.45) is 0 Å². The second kappa shape index (κ2) is 8.32. The van der Waals surface area contributed by atoms with Crippen LogP contribution in [0.4, 0.5) is 0 Å². The third-order valence-corrected chi connectivity index (χ3v) is 4.51. The van der Waals surface area contributed by atoms with Crippen LogP contribution in [0.1, 0.15) is 40.7 Å². The first-order valence-corrected chi connectivity index (χ1v) is 8.26. The molecule has 0 spiro atoms. The lowest BCUT2D eigenvalue weighted by Gasteiger charge is -2.31. The maximum absolute atomic E-state index is 12.6. The molecule has 1 fully saturated rings. The van der Waals surface area contributed by atoms with Gasteiger partial charge in [-0.1, -0.05) is 24.3 Å². The molecule has 134 valence electrons. The Labute approximate surface area is 153 Å². The first-order chi connectivity index (χ1) is 11.6. The van der Waals surface area contributed by atoms with Gasteiger partial charge in [0.25, 0.3) is 5.91 Å². The number of hydrogen-bond acceptors (Lipinski definition) is 4. The molecule has 2 aromatic rings. The number of ketones is 1. The molecule has 25 heavy (non-hydrogen) atoms. The minimum absolute atomic E-state index is 0. The molecule has 3 rings (SSSR count). The fourth-order valence-corrected chi connectivity index (χ4v) is 3.03. The molecule has 0 aliphatic carbocycles. The van der Waals surface area contributed by atoms with Crippen molar-refractivity contribution in [1.82, 2.24) is 10.2 Å². The van der Waals surface area contributed by atoms with E-state index in [1.807, 2.05) is 24.1 Å². The number of carbonyl (C=O) groups is 2. The Bertz CT molecular complexity index is 739. The summed E-state index contributed by atoms with van der Waals surface area (Å²) < 4.78 is 5.76. The molecule has 1 unspecified atom stereocenters. The van der Waals surface area contributed by atoms with E-state index in [4.69, 9.17) is 4.42 Å². The first kappa shape index (κ1) is 19.2. The van der Waals surface area contributed by atoms with Gasteiger partial charge in [-0.25, -0.2) is 0 Å². The number of nitrogens with one attached hydrogen (secondary N) is 1. The van der Waals surface area contributed by atoms with Crippen molar-refractivity contribution in [2.75, 3.05) is 20.1 Å². The smallest absolute Gasteiger partial charge is 0.289 e. The third-order valence-electron chi connectivity index (χ3n) is 4.51. The summed E-state index contributed by atoms with van der Waals surface area (Å²) in [5.74, 6) is 0.954. The van der Waals surface area contributed by atoms with Crippen molar-refractivity contribution in [1.29, 1.82) is 0 Å². The summed E-state index contributed by atoms with van der Waals surface area (Å²) in [7, 11) is 1.92. The summed E-state index contributed by atoms with van der Waals surface area (Å²) >= 11 is 0. The highest BCUT2D eigenvalue weighted by atomic mass is 35.5. The van der Waals surface area contributed by atoms with Gasteiger partial charge < -0.3 is 14.6 Å². The Morgan fingerprint density at radius 3 is 2.52 bits per heavy atom. The SMILES string of the molecule is CNC1CCCN(C(=O)c2ccc(-c3ccc(C(C)=O)cc3)o2)C1.Cl. The number of amides is 1. The second-order valence-corrected chi connectivity index (χ2v) is 6.18. The van der Waals surface area contributed by atoms with E-state index < -0.39 is 0 Å². The van der Waals surface area contributed by atoms with E-state index >= 15 is 0 Å². The Morgan fingerprint density at radius 1 is 1.16 bits per heavy atom. The molecule has 1 N–H and O–H groups in total. The van der Waals surface area contributed by atoms with Gasteiger partial charge in [0.2, 0.25) is 0 Å². The number of furan rings is 1. The quantitative estimate of drug-likeness (QED) is 0.847. The molecule has 1 aliphatic rings. The van der Waals surface area contributed by atoms with Crippen molar-refractivity contribution in [3.8, 4) is 11.3 Å². The molecular weight excluding hydrogens is 340 g/mol. The van der Waals surface area contributed by atoms with Gasteiger partial charge in [-0.3, -0.25) is 9.59 Å². The Morgan fingerprint density at radius 2 is 1.88 bits per heavy atom. The predicted molar refractivity (Wildman–Crippen MR) is 99.4 cm³/mol. The topological polar surface area (TPSA) is 62.6 Å². The average Bonchev–Trinajstić information content (AvgIpc) is 3.11. The predicted octanol–water partition coefficient (Wildman–Crippen LogP) is 3.40. The lowest BCUT2D eigenvalue weighted by molar-refractivity contribution is 0.0667. The highest BCUT2D eigenvalue weighted by Crippen LogP contribution is 2.24. The zero-order valence-corrected chi connectivity index (χ0v) is 15.3. The van der Waals surface area contributed by atoms with E-state index in [1.54, 1.807) is 24.3 Å². The number of Topliss-reactive ketones (excluding diaryl/α,β-unsaturated/α-hetero) is 1. The van der Waals surface area contributed by atoms with Gasteiger partial charge in [0, 0.05) is 30.3 Å². The standard InChI is InChI=1S/C19H22N2O3.ClH/c1-13(22)14-5-7-15(8-6-14)17-9-10-18(24-17)19(23)21-11-3-4-16(12-21)20-2;/h5-10,16,20H,3-4,11-12H2,1-2H3;1H. The summed E-state index contributed by atoms with van der Waals surface area (Å²) in [5.41, 5.74) is 1.51. The highest BCUT2D eigenvalue weighted by Gasteiger charge is 2.25. The molecule has 1 amide bonds. The summed E-state index contributed by atoms with van der Waals surface area (Å²) in [6, 6.07) is 11.1. The molecule has 2 heterocycles. The van der Waals surface area contributed by atoms with Crippen molar-refractivity contribution < 1.29 is 14.0 Å². The number of benzene rings is 1. The van der Waals surface area contributed by atoms with Gasteiger partial charge in [-0.15, -0.1) is 12.4 Å². The molecule has 1 aliphatic heterocycles. The summed E-state index contributed by atoms with van der Waals surface area (Å²) in [6.45, 7) is 3.01. The molecule has 5 nitrogen and oxygen atoms in total. The zero-order chi connectivity index (χ0) is 17.1. The summed E-state index contributed by atoms with van der Waals surface area (Å²) in [4.78, 5) is 25.8. The molecule has 1 atom stereocenters. The van der Waals surface area contributed by atoms with Crippen LogP contribution in [0.5, 0.6) is 0 Å². The van der Waals surface area contributed by atoms with Crippen molar-refractivity contribution in [3.63, 3.8) is 0 Å². The van der Waals surface area contributed by atoms with Crippen LogP contribution in [0.15, 0.2) is 40.8 Å². The van der Waals surface area contributed by atoms with Gasteiger partial charge in [0.1, 0.15) is 5.76 Å². The van der Waals surface area contributed by atoms with Crippen LogP contribution < -0.4 is 5.32 Å². The molecule has 1 aromatic carbocycles. The van der Waals surface area contributed by atoms with Crippen LogP contribution in [0.25, 0.3) is 11.3 Å². The second-order valence-electron chi connectivity index (χ2n) is 6.18. The Balaban J connectivity index is 0.00000225. The maximum atomic E-state index is 12.6. The van der Waals surface area contributed by atoms with Crippen LogP contribution in [-0.4, -0.2) is 42.8 Å². The van der Waals surface area contributed by atoms with E-state index in [1.165, 1.54) is 6.92 Å². The monoisotopic (exact) mass is 362 g/mol. The van der Waals surface area contributed by atoms with Gasteiger partial charge in [-0.2, -0.15) is 0 Å². The van der Waals surface area contributed by atoms with Crippen LogP contribution >= 0.6 is 12.4 Å². The number of likely N-dealkylation sites (N-methyl/N-ethyl adjacent to an activating group) is 1. The number of hydrogen-bond donors (Lipinski definition) is 1. The van der Waals surface area contributed by atoms with Crippen LogP contribution in [-0.2, 0) is 0 Å². The van der Waals surface area contributed by atoms with Gasteiger partial charge in [0.05, 0.1) is 0 Å². The highest BCUT2D eigenvalue weighted by molar-refractivity contribution is 5.94. The number of likely N-dealkylation sites (tertiary alicyclic amines) is 1. The number of halogens is 1. The van der Waals surface area contributed by atoms with E-state index in [2.05, 4.69) is 5.32 Å². The van der Waals surface area contributed by atoms with Gasteiger partial charge >= 0.3 is 0 Å². The Kier molecular flexibility index (Phi) is 6.39. The summed E-state index contributed by atoms with van der Waals surface area (Å²) in [5, 5.41) is 3.23. The molecule has 0 saturated carbocycles. The van der Waals surface area contributed by atoms with E-state index in [9.17, 15) is 9.59 Å². The van der Waals surface area contributed by atoms with E-state index in [0.29, 0.717) is 29.7 Å². The molecular formula is C19H23ClN2O3. The summed E-state index contributed by atoms with van der Waals surface area (Å²) in [6.07, 6.45) is 2.09. The van der Waals surface area contributed by atoms with Gasteiger partial charge in [-0.05, 0) is 38.9 Å². The van der Waals surface area contributed by atoms with Crippen molar-refractivity contribution in [2.45, 2.75) is 25.8 Å². The largest absolute Gasteiger partial charge is 0.451 e. The van der Waals surface area contributed by atoms with Crippen LogP contribution in [0.2, 0.25) is 0 Å². The van der Waals surface area contributed by atoms with E-state index in [0.717, 1.165) is 24.9 Å². The third kappa shape index (κ3) is 4.30. The van der Waals surface area contributed by atoms with Crippen LogP contribution in [0, 0.1) is 0 Å². The minimum atomic E-state index is -0.0680.